The molecule has 1 saturated heterocycles. The Morgan fingerprint density at radius 1 is 1.30 bits per heavy atom. The summed E-state index contributed by atoms with van der Waals surface area (Å²) in [5.41, 5.74) is 2.61. The van der Waals surface area contributed by atoms with Crippen molar-refractivity contribution in [2.75, 3.05) is 13.2 Å². The zero-order valence-corrected chi connectivity index (χ0v) is 12.0. The second-order valence-electron chi connectivity index (χ2n) is 5.51. The Kier molecular flexibility index (Phi) is 3.74. The fourth-order valence-corrected chi connectivity index (χ4v) is 2.05. The molecule has 1 atom stereocenters. The van der Waals surface area contributed by atoms with Gasteiger partial charge < -0.3 is 9.47 Å². The maximum atomic E-state index is 5.54. The third kappa shape index (κ3) is 3.39. The standard InChI is InChI=1S/C16H20N2O2/c1-12(2)14-5-3-13(4-6-14)9-18-8-7-16(17-18)20-11-15-10-19-15/h3-8,12,15H,9-11H2,1-2H3. The molecule has 1 aromatic heterocycles. The summed E-state index contributed by atoms with van der Waals surface area (Å²) >= 11 is 0. The molecule has 0 saturated carbocycles. The molecule has 0 spiro atoms. The van der Waals surface area contributed by atoms with Crippen LogP contribution >= 0.6 is 0 Å². The smallest absolute Gasteiger partial charge is 0.232 e. The summed E-state index contributed by atoms with van der Waals surface area (Å²) in [6, 6.07) is 10.6. The normalized spacial score (nSPS) is 17.4. The van der Waals surface area contributed by atoms with E-state index in [0.29, 0.717) is 18.4 Å². The quantitative estimate of drug-likeness (QED) is 0.759. The fourth-order valence-electron chi connectivity index (χ4n) is 2.05. The van der Waals surface area contributed by atoms with Gasteiger partial charge in [0, 0.05) is 12.3 Å². The minimum Gasteiger partial charge on any atom is -0.474 e. The molecule has 4 heteroatoms. The van der Waals surface area contributed by atoms with Crippen molar-refractivity contribution in [2.45, 2.75) is 32.4 Å². The van der Waals surface area contributed by atoms with Gasteiger partial charge in [0.2, 0.25) is 5.88 Å². The Bertz CT molecular complexity index is 556. The first-order chi connectivity index (χ1) is 9.70. The van der Waals surface area contributed by atoms with Crippen molar-refractivity contribution in [3.63, 3.8) is 0 Å². The largest absolute Gasteiger partial charge is 0.474 e. The Labute approximate surface area is 119 Å². The predicted molar refractivity (Wildman–Crippen MR) is 77.1 cm³/mol. The molecular formula is C16H20N2O2. The maximum Gasteiger partial charge on any atom is 0.232 e. The third-order valence-electron chi connectivity index (χ3n) is 3.43. The van der Waals surface area contributed by atoms with Crippen LogP contribution in [0.3, 0.4) is 0 Å². The van der Waals surface area contributed by atoms with E-state index in [4.69, 9.17) is 9.47 Å². The lowest BCUT2D eigenvalue weighted by Gasteiger charge is -2.07. The molecule has 20 heavy (non-hydrogen) atoms. The lowest BCUT2D eigenvalue weighted by Crippen LogP contribution is -2.06. The number of epoxide rings is 1. The highest BCUT2D eigenvalue weighted by molar-refractivity contribution is 5.25. The Hall–Kier alpha value is -1.81. The summed E-state index contributed by atoms with van der Waals surface area (Å²) in [6.07, 6.45) is 2.21. The summed E-state index contributed by atoms with van der Waals surface area (Å²) in [5, 5.41) is 4.40. The van der Waals surface area contributed by atoms with Crippen LogP contribution in [0.15, 0.2) is 36.5 Å². The average molecular weight is 272 g/mol. The summed E-state index contributed by atoms with van der Waals surface area (Å²) in [5.74, 6) is 1.23. The van der Waals surface area contributed by atoms with E-state index in [1.165, 1.54) is 11.1 Å². The van der Waals surface area contributed by atoms with Gasteiger partial charge in [0.15, 0.2) is 0 Å². The summed E-state index contributed by atoms with van der Waals surface area (Å²) in [7, 11) is 0. The van der Waals surface area contributed by atoms with Crippen molar-refractivity contribution in [3.8, 4) is 5.88 Å². The molecule has 1 aromatic carbocycles. The van der Waals surface area contributed by atoms with Crippen LogP contribution in [0.5, 0.6) is 5.88 Å². The number of nitrogens with zero attached hydrogens (tertiary/aromatic N) is 2. The van der Waals surface area contributed by atoms with Crippen LogP contribution in [-0.2, 0) is 11.3 Å². The average Bonchev–Trinajstić information content (AvgIpc) is 3.17. The number of aromatic nitrogens is 2. The molecule has 2 aromatic rings. The van der Waals surface area contributed by atoms with Crippen LogP contribution in [0.4, 0.5) is 0 Å². The SMILES string of the molecule is CC(C)c1ccc(Cn2ccc(OCC3CO3)n2)cc1. The molecule has 0 bridgehead atoms. The number of hydrogen-bond donors (Lipinski definition) is 0. The van der Waals surface area contributed by atoms with Gasteiger partial charge in [-0.15, -0.1) is 5.10 Å². The van der Waals surface area contributed by atoms with Gasteiger partial charge in [-0.2, -0.15) is 0 Å². The van der Waals surface area contributed by atoms with Crippen molar-refractivity contribution in [3.05, 3.63) is 47.7 Å². The molecule has 0 radical (unpaired) electrons. The minimum absolute atomic E-state index is 0.267. The molecular weight excluding hydrogens is 252 g/mol. The number of rotatable bonds is 6. The molecule has 0 amide bonds. The van der Waals surface area contributed by atoms with Gasteiger partial charge in [-0.3, -0.25) is 4.68 Å². The van der Waals surface area contributed by atoms with Crippen molar-refractivity contribution in [1.82, 2.24) is 9.78 Å². The number of hydrogen-bond acceptors (Lipinski definition) is 3. The van der Waals surface area contributed by atoms with E-state index in [0.717, 1.165) is 13.2 Å². The zero-order valence-electron chi connectivity index (χ0n) is 12.0. The molecule has 1 aliphatic heterocycles. The van der Waals surface area contributed by atoms with Gasteiger partial charge >= 0.3 is 0 Å². The fraction of sp³-hybridized carbons (Fsp3) is 0.438. The monoisotopic (exact) mass is 272 g/mol. The highest BCUT2D eigenvalue weighted by Crippen LogP contribution is 2.16. The second kappa shape index (κ2) is 5.67. The Morgan fingerprint density at radius 2 is 2.05 bits per heavy atom. The first kappa shape index (κ1) is 13.2. The number of ether oxygens (including phenoxy) is 2. The van der Waals surface area contributed by atoms with Gasteiger partial charge in [0.25, 0.3) is 0 Å². The van der Waals surface area contributed by atoms with Gasteiger partial charge in [0.05, 0.1) is 13.2 Å². The van der Waals surface area contributed by atoms with E-state index < -0.39 is 0 Å². The molecule has 0 N–H and O–H groups in total. The zero-order chi connectivity index (χ0) is 13.9. The molecule has 3 rings (SSSR count). The number of benzene rings is 1. The van der Waals surface area contributed by atoms with Crippen molar-refractivity contribution in [1.29, 1.82) is 0 Å². The molecule has 4 nitrogen and oxygen atoms in total. The minimum atomic E-state index is 0.267. The molecule has 1 unspecified atom stereocenters. The van der Waals surface area contributed by atoms with Crippen molar-refractivity contribution >= 4 is 0 Å². The topological polar surface area (TPSA) is 39.6 Å². The van der Waals surface area contributed by atoms with Gasteiger partial charge in [-0.05, 0) is 17.0 Å². The van der Waals surface area contributed by atoms with Crippen molar-refractivity contribution in [2.24, 2.45) is 0 Å². The Morgan fingerprint density at radius 3 is 2.70 bits per heavy atom. The summed E-state index contributed by atoms with van der Waals surface area (Å²) in [6.45, 7) is 6.58. The summed E-state index contributed by atoms with van der Waals surface area (Å²) in [4.78, 5) is 0. The maximum absolute atomic E-state index is 5.54. The van der Waals surface area contributed by atoms with Gasteiger partial charge in [0.1, 0.15) is 12.7 Å². The lowest BCUT2D eigenvalue weighted by atomic mass is 10.0. The predicted octanol–water partition coefficient (Wildman–Crippen LogP) is 2.83. The van der Waals surface area contributed by atoms with Gasteiger partial charge in [-0.1, -0.05) is 38.1 Å². The molecule has 0 aliphatic carbocycles. The molecule has 1 fully saturated rings. The first-order valence-corrected chi connectivity index (χ1v) is 7.07. The van der Waals surface area contributed by atoms with Crippen LogP contribution in [0.2, 0.25) is 0 Å². The van der Waals surface area contributed by atoms with E-state index >= 15 is 0 Å². The second-order valence-corrected chi connectivity index (χ2v) is 5.51. The molecule has 1 aliphatic rings. The van der Waals surface area contributed by atoms with Crippen LogP contribution in [0.25, 0.3) is 0 Å². The highest BCUT2D eigenvalue weighted by atomic mass is 16.6. The van der Waals surface area contributed by atoms with Crippen molar-refractivity contribution < 1.29 is 9.47 Å². The van der Waals surface area contributed by atoms with Crippen LogP contribution in [0.1, 0.15) is 30.9 Å². The van der Waals surface area contributed by atoms with E-state index in [1.54, 1.807) is 0 Å². The lowest BCUT2D eigenvalue weighted by molar-refractivity contribution is 0.253. The first-order valence-electron chi connectivity index (χ1n) is 7.07. The van der Waals surface area contributed by atoms with Gasteiger partial charge in [-0.25, -0.2) is 0 Å². The van der Waals surface area contributed by atoms with E-state index in [2.05, 4.69) is 43.2 Å². The van der Waals surface area contributed by atoms with Crippen LogP contribution in [0, 0.1) is 0 Å². The third-order valence-corrected chi connectivity index (χ3v) is 3.43. The van der Waals surface area contributed by atoms with E-state index in [9.17, 15) is 0 Å². The van der Waals surface area contributed by atoms with Crippen LogP contribution in [-0.4, -0.2) is 29.1 Å². The van der Waals surface area contributed by atoms with E-state index in [1.807, 2.05) is 16.9 Å². The molecule has 2 heterocycles. The highest BCUT2D eigenvalue weighted by Gasteiger charge is 2.23. The Balaban J connectivity index is 1.58. The van der Waals surface area contributed by atoms with E-state index in [-0.39, 0.29) is 6.10 Å². The summed E-state index contributed by atoms with van der Waals surface area (Å²) < 4.78 is 12.5. The molecule has 106 valence electrons. The van der Waals surface area contributed by atoms with Crippen LogP contribution < -0.4 is 4.74 Å².